The smallest absolute Gasteiger partial charge is 0.00230 e. The molecule has 0 amide bonds. The van der Waals surface area contributed by atoms with Crippen molar-refractivity contribution in [1.82, 2.24) is 0 Å². The Balaban J connectivity index is 2.23. The molecular formula is C19H24. The summed E-state index contributed by atoms with van der Waals surface area (Å²) in [6.45, 7) is 9.09. The monoisotopic (exact) mass is 252 g/mol. The highest BCUT2D eigenvalue weighted by atomic mass is 14.2. The van der Waals surface area contributed by atoms with Gasteiger partial charge in [-0.05, 0) is 47.4 Å². The summed E-state index contributed by atoms with van der Waals surface area (Å²) in [5, 5.41) is 0. The van der Waals surface area contributed by atoms with Crippen molar-refractivity contribution in [2.75, 3.05) is 0 Å². The maximum absolute atomic E-state index is 2.38. The highest BCUT2D eigenvalue weighted by Gasteiger charge is 2.12. The van der Waals surface area contributed by atoms with Crippen LogP contribution in [0.15, 0.2) is 48.5 Å². The molecule has 100 valence electrons. The van der Waals surface area contributed by atoms with E-state index in [9.17, 15) is 0 Å². The van der Waals surface area contributed by atoms with Crippen molar-refractivity contribution >= 4 is 0 Å². The van der Waals surface area contributed by atoms with Gasteiger partial charge >= 0.3 is 0 Å². The van der Waals surface area contributed by atoms with E-state index in [0.717, 1.165) is 12.8 Å². The average molecular weight is 252 g/mol. The Labute approximate surface area is 117 Å². The van der Waals surface area contributed by atoms with E-state index >= 15 is 0 Å². The van der Waals surface area contributed by atoms with Crippen LogP contribution in [0, 0.1) is 12.3 Å². The van der Waals surface area contributed by atoms with E-state index in [1.807, 2.05) is 0 Å². The van der Waals surface area contributed by atoms with Crippen molar-refractivity contribution < 1.29 is 0 Å². The average Bonchev–Trinajstić information content (AvgIpc) is 2.33. The first kappa shape index (κ1) is 13.9. The molecule has 0 spiro atoms. The van der Waals surface area contributed by atoms with Crippen LogP contribution in [-0.4, -0.2) is 0 Å². The molecule has 0 saturated heterocycles. The normalized spacial score (nSPS) is 11.6. The molecule has 2 aromatic rings. The molecule has 0 aliphatic rings. The lowest BCUT2D eigenvalue weighted by Gasteiger charge is -2.19. The second kappa shape index (κ2) is 5.61. The van der Waals surface area contributed by atoms with Gasteiger partial charge in [0.15, 0.2) is 0 Å². The van der Waals surface area contributed by atoms with Crippen LogP contribution in [-0.2, 0) is 12.8 Å². The molecule has 0 radical (unpaired) electrons. The second-order valence-electron chi connectivity index (χ2n) is 6.66. The van der Waals surface area contributed by atoms with Crippen LogP contribution in [0.5, 0.6) is 0 Å². The SMILES string of the molecule is Cc1ccc(CC(C)(C)C)cc1Cc1ccccc1. The molecule has 0 atom stereocenters. The molecule has 0 unspecified atom stereocenters. The molecule has 19 heavy (non-hydrogen) atoms. The van der Waals surface area contributed by atoms with E-state index in [0.29, 0.717) is 5.41 Å². The summed E-state index contributed by atoms with van der Waals surface area (Å²) < 4.78 is 0. The van der Waals surface area contributed by atoms with Crippen molar-refractivity contribution in [2.24, 2.45) is 5.41 Å². The number of rotatable bonds is 3. The van der Waals surface area contributed by atoms with Gasteiger partial charge in [-0.1, -0.05) is 69.3 Å². The van der Waals surface area contributed by atoms with Gasteiger partial charge in [-0.25, -0.2) is 0 Å². The molecule has 0 bridgehead atoms. The number of hydrogen-bond donors (Lipinski definition) is 0. The van der Waals surface area contributed by atoms with E-state index in [-0.39, 0.29) is 0 Å². The third-order valence-corrected chi connectivity index (χ3v) is 3.39. The van der Waals surface area contributed by atoms with Gasteiger partial charge in [-0.15, -0.1) is 0 Å². The Morgan fingerprint density at radius 1 is 0.842 bits per heavy atom. The summed E-state index contributed by atoms with van der Waals surface area (Å²) in [7, 11) is 0. The summed E-state index contributed by atoms with van der Waals surface area (Å²) in [6, 6.07) is 17.6. The Morgan fingerprint density at radius 2 is 1.53 bits per heavy atom. The van der Waals surface area contributed by atoms with Gasteiger partial charge in [0.25, 0.3) is 0 Å². The zero-order valence-electron chi connectivity index (χ0n) is 12.5. The molecule has 2 aromatic carbocycles. The highest BCUT2D eigenvalue weighted by molar-refractivity contribution is 5.35. The van der Waals surface area contributed by atoms with Gasteiger partial charge in [-0.3, -0.25) is 0 Å². The van der Waals surface area contributed by atoms with Crippen molar-refractivity contribution in [1.29, 1.82) is 0 Å². The predicted octanol–water partition coefficient (Wildman–Crippen LogP) is 5.17. The summed E-state index contributed by atoms with van der Waals surface area (Å²) in [4.78, 5) is 0. The molecule has 0 aliphatic heterocycles. The topological polar surface area (TPSA) is 0 Å². The Hall–Kier alpha value is -1.56. The van der Waals surface area contributed by atoms with E-state index in [1.54, 1.807) is 0 Å². The predicted molar refractivity (Wildman–Crippen MR) is 83.6 cm³/mol. The minimum absolute atomic E-state index is 0.347. The van der Waals surface area contributed by atoms with Crippen molar-refractivity contribution in [2.45, 2.75) is 40.5 Å². The summed E-state index contributed by atoms with van der Waals surface area (Å²) in [5.41, 5.74) is 6.02. The lowest BCUT2D eigenvalue weighted by atomic mass is 9.86. The van der Waals surface area contributed by atoms with E-state index in [2.05, 4.69) is 76.2 Å². The molecule has 0 heteroatoms. The third kappa shape index (κ3) is 4.24. The van der Waals surface area contributed by atoms with Crippen molar-refractivity contribution in [3.05, 3.63) is 70.8 Å². The molecule has 0 aromatic heterocycles. The largest absolute Gasteiger partial charge is 0.0622 e. The lowest BCUT2D eigenvalue weighted by molar-refractivity contribution is 0.411. The molecule has 0 N–H and O–H groups in total. The second-order valence-corrected chi connectivity index (χ2v) is 6.66. The number of aryl methyl sites for hydroxylation is 1. The van der Waals surface area contributed by atoms with Crippen LogP contribution in [0.3, 0.4) is 0 Å². The first-order valence-corrected chi connectivity index (χ1v) is 7.06. The molecular weight excluding hydrogens is 228 g/mol. The van der Waals surface area contributed by atoms with Crippen LogP contribution >= 0.6 is 0 Å². The number of benzene rings is 2. The van der Waals surface area contributed by atoms with Gasteiger partial charge in [0.05, 0.1) is 0 Å². The minimum atomic E-state index is 0.347. The maximum atomic E-state index is 2.38. The fourth-order valence-corrected chi connectivity index (χ4v) is 2.45. The Morgan fingerprint density at radius 3 is 2.16 bits per heavy atom. The van der Waals surface area contributed by atoms with Crippen LogP contribution in [0.25, 0.3) is 0 Å². The van der Waals surface area contributed by atoms with Gasteiger partial charge in [0.1, 0.15) is 0 Å². The standard InChI is InChI=1S/C19H24/c1-15-10-11-17(14-19(2,3)4)13-18(15)12-16-8-6-5-7-9-16/h5-11,13H,12,14H2,1-4H3. The van der Waals surface area contributed by atoms with E-state index in [4.69, 9.17) is 0 Å². The summed E-state index contributed by atoms with van der Waals surface area (Å²) >= 11 is 0. The molecule has 0 fully saturated rings. The zero-order chi connectivity index (χ0) is 13.9. The zero-order valence-corrected chi connectivity index (χ0v) is 12.5. The summed E-state index contributed by atoms with van der Waals surface area (Å²) in [5.74, 6) is 0. The summed E-state index contributed by atoms with van der Waals surface area (Å²) in [6.07, 6.45) is 2.17. The van der Waals surface area contributed by atoms with Gasteiger partial charge in [0, 0.05) is 0 Å². The van der Waals surface area contributed by atoms with Crippen LogP contribution in [0.1, 0.15) is 43.0 Å². The minimum Gasteiger partial charge on any atom is -0.0622 e. The van der Waals surface area contributed by atoms with E-state index in [1.165, 1.54) is 22.3 Å². The first-order valence-electron chi connectivity index (χ1n) is 7.06. The Bertz CT molecular complexity index is 530. The maximum Gasteiger partial charge on any atom is -0.00230 e. The fourth-order valence-electron chi connectivity index (χ4n) is 2.45. The van der Waals surface area contributed by atoms with Crippen LogP contribution < -0.4 is 0 Å². The molecule has 0 saturated carbocycles. The number of hydrogen-bond acceptors (Lipinski definition) is 0. The van der Waals surface area contributed by atoms with Crippen molar-refractivity contribution in [3.8, 4) is 0 Å². The molecule has 0 nitrogen and oxygen atoms in total. The van der Waals surface area contributed by atoms with Gasteiger partial charge in [-0.2, -0.15) is 0 Å². The Kier molecular flexibility index (Phi) is 4.09. The van der Waals surface area contributed by atoms with Gasteiger partial charge < -0.3 is 0 Å². The quantitative estimate of drug-likeness (QED) is 0.706. The van der Waals surface area contributed by atoms with Crippen molar-refractivity contribution in [3.63, 3.8) is 0 Å². The van der Waals surface area contributed by atoms with E-state index < -0.39 is 0 Å². The highest BCUT2D eigenvalue weighted by Crippen LogP contribution is 2.23. The van der Waals surface area contributed by atoms with Crippen LogP contribution in [0.4, 0.5) is 0 Å². The molecule has 0 aliphatic carbocycles. The molecule has 2 rings (SSSR count). The van der Waals surface area contributed by atoms with Crippen LogP contribution in [0.2, 0.25) is 0 Å². The third-order valence-electron chi connectivity index (χ3n) is 3.39. The fraction of sp³-hybridized carbons (Fsp3) is 0.368. The first-order chi connectivity index (χ1) is 8.94. The van der Waals surface area contributed by atoms with Gasteiger partial charge in [0.2, 0.25) is 0 Å². The lowest BCUT2D eigenvalue weighted by Crippen LogP contribution is -2.09. The molecule has 0 heterocycles.